The normalized spacial score (nSPS) is 18.9. The van der Waals surface area contributed by atoms with E-state index in [2.05, 4.69) is 198 Å². The van der Waals surface area contributed by atoms with E-state index < -0.39 is 73.5 Å². The van der Waals surface area contributed by atoms with Gasteiger partial charge in [-0.15, -0.1) is 0 Å². The summed E-state index contributed by atoms with van der Waals surface area (Å²) in [6, 6.07) is 69.5. The Labute approximate surface area is 519 Å². The van der Waals surface area contributed by atoms with Gasteiger partial charge in [-0.1, -0.05) is 333 Å². The summed E-state index contributed by atoms with van der Waals surface area (Å²) in [6.45, 7) is 56.5. The first kappa shape index (κ1) is 67.3. The van der Waals surface area contributed by atoms with Crippen LogP contribution >= 0.6 is 15.7 Å². The molecule has 0 aromatic heterocycles. The molecule has 0 saturated carbocycles. The smallest absolute Gasteiger partial charge is 0.239 e. The van der Waals surface area contributed by atoms with Gasteiger partial charge in [-0.2, -0.15) is 0 Å². The molecule has 0 radical (unpaired) electrons. The molecular weight excluding hydrogens is 1170 g/mol. The molecule has 4 aliphatic rings. The maximum absolute atomic E-state index is 15.6. The van der Waals surface area contributed by atoms with Gasteiger partial charge < -0.3 is 0 Å². The van der Waals surface area contributed by atoms with Gasteiger partial charge in [0.1, 0.15) is 0 Å². The van der Waals surface area contributed by atoms with Crippen molar-refractivity contribution in [1.82, 2.24) is 0 Å². The van der Waals surface area contributed by atoms with Crippen molar-refractivity contribution in [3.05, 3.63) is 239 Å². The van der Waals surface area contributed by atoms with Gasteiger partial charge in [0.15, 0.2) is 0 Å². The molecule has 2 bridgehead atoms. The predicted octanol–water partition coefficient (Wildman–Crippen LogP) is 20.9. The molecule has 1 heterocycles. The van der Waals surface area contributed by atoms with Gasteiger partial charge in [0, 0.05) is 67.7 Å². The van der Waals surface area contributed by atoms with E-state index in [1.54, 1.807) is 26.9 Å². The number of hydrogen-bond donors (Lipinski definition) is 0. The second-order valence-electron chi connectivity index (χ2n) is 31.3. The number of anilines is 1. The molecule has 1 fully saturated rings. The first-order valence-corrected chi connectivity index (χ1v) is 58.1. The van der Waals surface area contributed by atoms with Crippen molar-refractivity contribution in [3.8, 4) is 0 Å². The van der Waals surface area contributed by atoms with Gasteiger partial charge in [0.2, 0.25) is 11.8 Å². The molecule has 7 aromatic carbocycles. The summed E-state index contributed by atoms with van der Waals surface area (Å²) in [7, 11) is -10.6. The van der Waals surface area contributed by atoms with Gasteiger partial charge in [-0.05, 0) is 73.6 Å². The molecule has 84 heavy (non-hydrogen) atoms. The zero-order chi connectivity index (χ0) is 62.1. The summed E-state index contributed by atoms with van der Waals surface area (Å²) in [4.78, 5) is 32.4. The van der Waals surface area contributed by atoms with Crippen molar-refractivity contribution in [2.75, 3.05) is 4.90 Å². The van der Waals surface area contributed by atoms with E-state index in [0.717, 1.165) is 0 Å². The Morgan fingerprint density at radius 2 is 0.702 bits per heavy atom. The van der Waals surface area contributed by atoms with Crippen LogP contribution in [0.3, 0.4) is 0 Å². The first-order valence-electron chi connectivity index (χ1n) is 30.8. The molecule has 1 aliphatic heterocycles. The van der Waals surface area contributed by atoms with E-state index >= 15 is 9.59 Å². The van der Waals surface area contributed by atoms with E-state index in [4.69, 9.17) is 0 Å². The number of benzene rings is 7. The monoisotopic (exact) mass is 1270 g/mol. The van der Waals surface area contributed by atoms with Crippen molar-refractivity contribution < 1.29 is 9.59 Å². The number of rotatable bonds is 13. The molecule has 2 amide bonds. The Balaban J connectivity index is 0.000000476. The first-order chi connectivity index (χ1) is 39.1. The van der Waals surface area contributed by atoms with E-state index in [1.807, 2.05) is 140 Å². The van der Waals surface area contributed by atoms with Crippen molar-refractivity contribution in [1.29, 1.82) is 0 Å². The Bertz CT molecular complexity index is 3050. The SMILES string of the molecule is C[Si](C)(C)C(c1cc(C([Si](C)(C)C)([Si](C)(C)C)[Si](C)(C)C)cc(C([Si](C)(C)C)[Si](C)(C)C)c1P=PC12c3ccccc3C(c3ccccc31)[C@H]1C(=O)N(c3ccccc3)C(=O)[C@H]12)[Si](C)(C)C.c1ccccc1.c1ccccc1.c1ccccc1. The highest BCUT2D eigenvalue weighted by Crippen LogP contribution is 2.70. The molecule has 0 spiro atoms. The van der Waals surface area contributed by atoms with Crippen LogP contribution in [0.1, 0.15) is 55.2 Å². The topological polar surface area (TPSA) is 37.4 Å². The molecule has 444 valence electrons. The minimum atomic E-state index is -1.88. The lowest BCUT2D eigenvalue weighted by Crippen LogP contribution is -2.74. The summed E-state index contributed by atoms with van der Waals surface area (Å²) in [5, 5.41) is 1.98. The molecular formula is C72H101NO2P2Si7. The summed E-state index contributed by atoms with van der Waals surface area (Å²) in [5.74, 6) is -1.17. The lowest BCUT2D eigenvalue weighted by atomic mass is 9.54. The number of imide groups is 1. The van der Waals surface area contributed by atoms with E-state index in [-0.39, 0.29) is 22.0 Å². The number of carbonyl (C=O) groups excluding carboxylic acids is 2. The zero-order valence-corrected chi connectivity index (χ0v) is 63.9. The summed E-state index contributed by atoms with van der Waals surface area (Å²) >= 11 is 0. The highest BCUT2D eigenvalue weighted by Gasteiger charge is 2.68. The molecule has 7 aromatic rings. The van der Waals surface area contributed by atoms with Gasteiger partial charge in [0.25, 0.3) is 0 Å². The molecule has 3 nitrogen and oxygen atoms in total. The van der Waals surface area contributed by atoms with E-state index in [1.165, 1.54) is 38.0 Å². The summed E-state index contributed by atoms with van der Waals surface area (Å²) < 4.78 is 0.236. The number of hydrogen-bond acceptors (Lipinski definition) is 2. The fraction of sp³-hybridized carbons (Fsp3) is 0.389. The van der Waals surface area contributed by atoms with Gasteiger partial charge in [0.05, 0.1) is 22.7 Å². The Hall–Kier alpha value is -4.20. The maximum atomic E-state index is 15.6. The maximum Gasteiger partial charge on any atom is 0.239 e. The Morgan fingerprint density at radius 3 is 1.01 bits per heavy atom. The molecule has 3 aliphatic carbocycles. The third-order valence-electron chi connectivity index (χ3n) is 18.0. The largest absolute Gasteiger partial charge is 0.274 e. The zero-order valence-electron chi connectivity index (χ0n) is 55.1. The Morgan fingerprint density at radius 1 is 0.405 bits per heavy atom. The Kier molecular flexibility index (Phi) is 20.7. The average molecular weight is 1270 g/mol. The minimum absolute atomic E-state index is 0.0296. The van der Waals surface area contributed by atoms with Crippen molar-refractivity contribution >= 4 is 95.1 Å². The lowest BCUT2D eigenvalue weighted by Gasteiger charge is -2.60. The fourth-order valence-electron chi connectivity index (χ4n) is 17.6. The molecule has 1 saturated heterocycles. The summed E-state index contributed by atoms with van der Waals surface area (Å²) in [6.07, 6.45) is 0. The van der Waals surface area contributed by atoms with Crippen LogP contribution in [0.2, 0.25) is 137 Å². The fourth-order valence-corrected chi connectivity index (χ4v) is 77.9. The number of carbonyl (C=O) groups is 2. The van der Waals surface area contributed by atoms with Crippen molar-refractivity contribution in [2.24, 2.45) is 11.8 Å². The van der Waals surface area contributed by atoms with Crippen LogP contribution < -0.4 is 10.2 Å². The second kappa shape index (κ2) is 25.9. The van der Waals surface area contributed by atoms with Crippen LogP contribution in [0.15, 0.2) is 200 Å². The number of amides is 2. The average Bonchev–Trinajstić information content (AvgIpc) is 1.32. The number of nitrogens with zero attached hydrogens (tertiary/aromatic N) is 1. The van der Waals surface area contributed by atoms with Gasteiger partial charge in [-0.25, -0.2) is 4.90 Å². The highest BCUT2D eigenvalue weighted by atomic mass is 31.7. The molecule has 11 rings (SSSR count). The number of para-hydroxylation sites is 1. The third kappa shape index (κ3) is 13.4. The van der Waals surface area contributed by atoms with E-state index in [9.17, 15) is 0 Å². The summed E-state index contributed by atoms with van der Waals surface area (Å²) in [5.41, 5.74) is 10.7. The van der Waals surface area contributed by atoms with Crippen molar-refractivity contribution in [3.63, 3.8) is 0 Å². The quantitative estimate of drug-likeness (QED) is 0.0655. The molecule has 0 N–H and O–H groups in total. The van der Waals surface area contributed by atoms with Crippen LogP contribution in [0.5, 0.6) is 0 Å². The van der Waals surface area contributed by atoms with Gasteiger partial charge >= 0.3 is 0 Å². The highest BCUT2D eigenvalue weighted by molar-refractivity contribution is 7.88. The third-order valence-corrected chi connectivity index (χ3v) is 61.4. The van der Waals surface area contributed by atoms with Crippen LogP contribution in [0.25, 0.3) is 0 Å². The van der Waals surface area contributed by atoms with Crippen LogP contribution in [0, 0.1) is 11.8 Å². The van der Waals surface area contributed by atoms with Crippen molar-refractivity contribution in [2.45, 2.75) is 163 Å². The lowest BCUT2D eigenvalue weighted by molar-refractivity contribution is -0.122. The van der Waals surface area contributed by atoms with E-state index in [0.29, 0.717) is 16.0 Å². The second-order valence-corrected chi connectivity index (χ2v) is 73.7. The predicted molar refractivity (Wildman–Crippen MR) is 391 cm³/mol. The van der Waals surface area contributed by atoms with Crippen LogP contribution in [-0.4, -0.2) is 68.3 Å². The van der Waals surface area contributed by atoms with Crippen LogP contribution in [-0.2, 0) is 19.0 Å². The standard InChI is InChI=1S/C54H83NO2P2Si7.3C6H6/c1-60(2,3)51(61(4,5)6)41-35-37(54(64(13,14)15,65(16,17)18)66(19,20)21)36-42(52(62(7,8)9)63(10,11)12)48(41)58-59-53-43-33-27-25-31-39(43)45(40-32-26-28-34-44(40)53)46-47(53)50(57)55(49(46)56)38-29-23-22-24-30-38;3*1-2-4-6-5-3-1/h22-36,45-47,51-52H,1-21H3;3*1-6H/t45?,46-,47+,53?;;;/m1.../s1. The minimum Gasteiger partial charge on any atom is -0.274 e. The molecule has 2 atom stereocenters. The van der Waals surface area contributed by atoms with Crippen LogP contribution in [0.4, 0.5) is 5.69 Å². The molecule has 12 heteroatoms. The molecule has 0 unspecified atom stereocenters. The van der Waals surface area contributed by atoms with Gasteiger partial charge in [-0.3, -0.25) is 9.59 Å².